The second-order valence-electron chi connectivity index (χ2n) is 17.0. The fraction of sp³-hybridized carbons (Fsp3) is 0.0769. The Bertz CT molecular complexity index is 5000. The molecular formula is C65H49N5O. The fourth-order valence-electron chi connectivity index (χ4n) is 9.88. The van der Waals surface area contributed by atoms with E-state index in [0.717, 1.165) is 23.8 Å². The summed E-state index contributed by atoms with van der Waals surface area (Å²) in [4.78, 5) is 4.91. The lowest BCUT2D eigenvalue weighted by atomic mass is 9.95. The molecule has 340 valence electrons. The summed E-state index contributed by atoms with van der Waals surface area (Å²) in [5.74, 6) is 1.64. The van der Waals surface area contributed by atoms with Crippen molar-refractivity contribution in [1.29, 1.82) is 0 Å². The van der Waals surface area contributed by atoms with Crippen molar-refractivity contribution in [2.45, 2.75) is 32.6 Å². The van der Waals surface area contributed by atoms with Gasteiger partial charge in [0.1, 0.15) is 17.3 Å². The summed E-state index contributed by atoms with van der Waals surface area (Å²) in [6.07, 6.45) is 6.97. The van der Waals surface area contributed by atoms with E-state index in [2.05, 4.69) is 26.2 Å². The maximum Gasteiger partial charge on any atom is 0.269 e. The van der Waals surface area contributed by atoms with Crippen molar-refractivity contribution in [2.75, 3.05) is 0 Å². The van der Waals surface area contributed by atoms with Gasteiger partial charge in [0.05, 0.1) is 69.1 Å². The fourth-order valence-corrected chi connectivity index (χ4v) is 9.88. The maximum atomic E-state index is 9.17. The summed E-state index contributed by atoms with van der Waals surface area (Å²) in [7, 11) is 0. The van der Waals surface area contributed by atoms with Crippen LogP contribution < -0.4 is 9.30 Å². The molecule has 0 unspecified atom stereocenters. The molecule has 0 atom stereocenters. The first-order valence-corrected chi connectivity index (χ1v) is 23.2. The highest BCUT2D eigenvalue weighted by Gasteiger charge is 2.22. The molecule has 71 heavy (non-hydrogen) atoms. The first-order chi connectivity index (χ1) is 42.6. The number of rotatable bonds is 11. The van der Waals surface area contributed by atoms with Crippen LogP contribution in [0.2, 0.25) is 0 Å². The second-order valence-corrected chi connectivity index (χ2v) is 17.0. The van der Waals surface area contributed by atoms with Gasteiger partial charge in [-0.15, -0.1) is 0 Å². The number of pyridine rings is 1. The molecule has 0 bridgehead atoms. The summed E-state index contributed by atoms with van der Waals surface area (Å²) in [6, 6.07) is 24.7. The molecular weight excluding hydrogens is 867 g/mol. The standard InChI is InChI=1S/C65H49N5O/c1-3-44(4-2)47-37-38-66-64(39-47)70-60-36-33-49(69-58-29-13-11-25-54(58)55-26-12-14-30-59(55)69)41-57(60)56-35-34-51(42-63(56)70)71-50-24-17-23-48(40-50)67-43-68(62-32-16-15-31-61(62)67)65-52(45-19-7-5-8-20-45)27-18-28-53(65)46-21-9-6-10-22-46/h5-42,44H,3-4H2,1-2H3/i5D,6D,7D,8D,9D,10D,11D,12D,13D,14D,19D,20D,21D,22D,25D,26D,29D,30D. The van der Waals surface area contributed by atoms with E-state index in [1.165, 1.54) is 4.57 Å². The summed E-state index contributed by atoms with van der Waals surface area (Å²) in [5.41, 5.74) is 4.39. The van der Waals surface area contributed by atoms with Crippen LogP contribution in [0.4, 0.5) is 0 Å². The van der Waals surface area contributed by atoms with Gasteiger partial charge in [0.2, 0.25) is 0 Å². The van der Waals surface area contributed by atoms with E-state index in [0.29, 0.717) is 56.1 Å². The Balaban J connectivity index is 0.988. The van der Waals surface area contributed by atoms with Crippen molar-refractivity contribution in [3.63, 3.8) is 0 Å². The Kier molecular flexibility index (Phi) is 6.72. The van der Waals surface area contributed by atoms with Crippen LogP contribution in [-0.2, 0) is 0 Å². The van der Waals surface area contributed by atoms with Crippen LogP contribution in [0.3, 0.4) is 0 Å². The van der Waals surface area contributed by atoms with Crippen molar-refractivity contribution in [3.05, 3.63) is 242 Å². The van der Waals surface area contributed by atoms with Gasteiger partial charge in [-0.2, -0.15) is 0 Å². The third kappa shape index (κ3) is 7.18. The quantitative estimate of drug-likeness (QED) is 0.0958. The molecule has 6 nitrogen and oxygen atoms in total. The molecule has 9 aromatic carbocycles. The molecule has 0 aliphatic heterocycles. The largest absolute Gasteiger partial charge is 0.458 e. The molecule has 0 aliphatic carbocycles. The van der Waals surface area contributed by atoms with Crippen LogP contribution in [0, 0.1) is 6.33 Å². The number of fused-ring (bicyclic) bond motifs is 7. The Morgan fingerprint density at radius 1 is 0.521 bits per heavy atom. The van der Waals surface area contributed by atoms with Gasteiger partial charge >= 0.3 is 0 Å². The zero-order chi connectivity index (χ0) is 63.1. The minimum Gasteiger partial charge on any atom is -0.458 e. The molecule has 0 fully saturated rings. The highest BCUT2D eigenvalue weighted by molar-refractivity contribution is 6.12. The van der Waals surface area contributed by atoms with Crippen LogP contribution in [-0.4, -0.2) is 18.7 Å². The van der Waals surface area contributed by atoms with Gasteiger partial charge in [0.25, 0.3) is 6.33 Å². The van der Waals surface area contributed by atoms with Crippen LogP contribution in [0.1, 0.15) is 62.8 Å². The number of hydrogen-bond acceptors (Lipinski definition) is 2. The summed E-state index contributed by atoms with van der Waals surface area (Å²) in [6.45, 7) is 4.27. The average Bonchev–Trinajstić information content (AvgIpc) is 1.59. The van der Waals surface area contributed by atoms with E-state index in [1.54, 1.807) is 76.0 Å². The molecule has 13 aromatic rings. The smallest absolute Gasteiger partial charge is 0.269 e. The molecule has 4 heterocycles. The first-order valence-electron chi connectivity index (χ1n) is 32.2. The molecule has 13 rings (SSSR count). The monoisotopic (exact) mass is 934 g/mol. The van der Waals surface area contributed by atoms with Crippen LogP contribution in [0.15, 0.2) is 230 Å². The topological polar surface area (TPSA) is 40.8 Å². The highest BCUT2D eigenvalue weighted by Crippen LogP contribution is 2.40. The minimum atomic E-state index is -0.606. The molecule has 0 spiro atoms. The number of para-hydroxylation sites is 5. The number of nitrogens with zero attached hydrogens (tertiary/aromatic N) is 5. The highest BCUT2D eigenvalue weighted by atomic mass is 16.5. The Labute approximate surface area is 437 Å². The van der Waals surface area contributed by atoms with Crippen molar-refractivity contribution < 1.29 is 34.0 Å². The van der Waals surface area contributed by atoms with Gasteiger partial charge < -0.3 is 9.30 Å². The SMILES string of the molecule is [2H]c1c([2H])c([2H])c(-c2cccc(-c3c([2H])c([2H])c([2H])c([2H])c3[2H])c2-[n+]2[c-]n(-c3cccc(Oc4ccc5c6cc(-n7c8c([2H])c([2H])c([2H])c([2H])c8c8c([2H])c([2H])c([2H])c([2H])c87)ccc6n(-c6cc(C(CC)CC)ccn6)c5c4)c3)c3ccccc32)c([2H])c1[2H]. The molecule has 0 saturated carbocycles. The predicted molar refractivity (Wildman–Crippen MR) is 291 cm³/mol. The number of ether oxygens (including phenoxy) is 1. The van der Waals surface area contributed by atoms with Crippen LogP contribution in [0.25, 0.3) is 99.8 Å². The van der Waals surface area contributed by atoms with Gasteiger partial charge in [0.15, 0.2) is 0 Å². The zero-order valence-electron chi connectivity index (χ0n) is 56.2. The van der Waals surface area contributed by atoms with E-state index in [9.17, 15) is 0 Å². The van der Waals surface area contributed by atoms with E-state index in [1.807, 2.05) is 53.1 Å². The minimum absolute atomic E-state index is 0.00450. The van der Waals surface area contributed by atoms with E-state index in [4.69, 9.17) is 34.4 Å². The lowest BCUT2D eigenvalue weighted by Gasteiger charge is -2.17. The zero-order valence-corrected chi connectivity index (χ0v) is 38.2. The van der Waals surface area contributed by atoms with E-state index in [-0.39, 0.29) is 55.7 Å². The Morgan fingerprint density at radius 3 is 1.90 bits per heavy atom. The van der Waals surface area contributed by atoms with Crippen molar-refractivity contribution >= 4 is 54.6 Å². The van der Waals surface area contributed by atoms with Crippen LogP contribution >= 0.6 is 0 Å². The summed E-state index contributed by atoms with van der Waals surface area (Å²) >= 11 is 0. The van der Waals surface area contributed by atoms with Gasteiger partial charge in [-0.3, -0.25) is 13.7 Å². The summed E-state index contributed by atoms with van der Waals surface area (Å²) in [5, 5.41) is 1.35. The Hall–Kier alpha value is -9.00. The van der Waals surface area contributed by atoms with E-state index < -0.39 is 109 Å². The van der Waals surface area contributed by atoms with Gasteiger partial charge in [0, 0.05) is 39.5 Å². The second kappa shape index (κ2) is 17.5. The van der Waals surface area contributed by atoms with Crippen molar-refractivity contribution in [2.24, 2.45) is 0 Å². The van der Waals surface area contributed by atoms with Crippen molar-refractivity contribution in [1.82, 2.24) is 18.7 Å². The van der Waals surface area contributed by atoms with Crippen LogP contribution in [0.5, 0.6) is 11.5 Å². The lowest BCUT2D eigenvalue weighted by molar-refractivity contribution is -0.571. The van der Waals surface area contributed by atoms with Gasteiger partial charge in [-0.25, -0.2) is 4.98 Å². The normalized spacial score (nSPS) is 15.3. The molecule has 0 radical (unpaired) electrons. The maximum absolute atomic E-state index is 9.17. The van der Waals surface area contributed by atoms with Crippen molar-refractivity contribution in [3.8, 4) is 56.6 Å². The van der Waals surface area contributed by atoms with Gasteiger partial charge in [-0.05, 0) is 119 Å². The molecule has 0 saturated heterocycles. The number of imidazole rings is 1. The number of benzene rings is 9. The summed E-state index contributed by atoms with van der Waals surface area (Å²) < 4.78 is 172. The Morgan fingerprint density at radius 2 is 1.18 bits per heavy atom. The number of aromatic nitrogens is 5. The third-order valence-electron chi connectivity index (χ3n) is 13.1. The molecule has 0 amide bonds. The number of hydrogen-bond donors (Lipinski definition) is 0. The first kappa shape index (κ1) is 27.3. The van der Waals surface area contributed by atoms with Gasteiger partial charge in [-0.1, -0.05) is 159 Å². The van der Waals surface area contributed by atoms with E-state index >= 15 is 0 Å². The lowest BCUT2D eigenvalue weighted by Crippen LogP contribution is -2.31. The average molecular weight is 934 g/mol. The molecule has 4 aromatic heterocycles. The third-order valence-corrected chi connectivity index (χ3v) is 13.1. The molecule has 0 aliphatic rings. The predicted octanol–water partition coefficient (Wildman–Crippen LogP) is 16.3. The molecule has 6 heteroatoms. The molecule has 0 N–H and O–H groups in total.